The highest BCUT2D eigenvalue weighted by Gasteiger charge is 2.26. The van der Waals surface area contributed by atoms with E-state index in [0.717, 1.165) is 70.9 Å². The quantitative estimate of drug-likeness (QED) is 0.410. The van der Waals surface area contributed by atoms with Crippen LogP contribution < -0.4 is 4.74 Å². The molecule has 4 aromatic rings. The van der Waals surface area contributed by atoms with E-state index >= 15 is 0 Å². The van der Waals surface area contributed by atoms with Gasteiger partial charge in [0.15, 0.2) is 11.6 Å². The lowest BCUT2D eigenvalue weighted by molar-refractivity contribution is 0.386. The fraction of sp³-hybridized carbons (Fsp3) is 0.385. The average Bonchev–Trinajstić information content (AvgIpc) is 3.48. The fourth-order valence-corrected chi connectivity index (χ4v) is 5.03. The van der Waals surface area contributed by atoms with Crippen LogP contribution in [0, 0.1) is 19.7 Å². The first kappa shape index (κ1) is 21.6. The number of likely N-dealkylation sites (N-methyl/N-ethyl adjacent to an activating group) is 1. The molecule has 7 heteroatoms. The Bertz CT molecular complexity index is 1290. The summed E-state index contributed by atoms with van der Waals surface area (Å²) in [5.74, 6) is 1.79. The van der Waals surface area contributed by atoms with Crippen LogP contribution >= 0.6 is 0 Å². The molecule has 2 aromatic heterocycles. The second kappa shape index (κ2) is 8.63. The number of imidazole rings is 1. The first-order valence-corrected chi connectivity index (χ1v) is 11.4. The zero-order chi connectivity index (χ0) is 23.1. The second-order valence-electron chi connectivity index (χ2n) is 8.97. The number of halogens is 1. The van der Waals surface area contributed by atoms with Gasteiger partial charge in [-0.25, -0.2) is 9.37 Å². The molecule has 2 aromatic carbocycles. The first-order valence-electron chi connectivity index (χ1n) is 11.4. The highest BCUT2D eigenvalue weighted by molar-refractivity contribution is 5.83. The van der Waals surface area contributed by atoms with Gasteiger partial charge in [0.05, 0.1) is 23.8 Å². The molecule has 1 unspecified atom stereocenters. The Hall–Kier alpha value is -3.19. The van der Waals surface area contributed by atoms with Crippen molar-refractivity contribution in [3.8, 4) is 16.9 Å². The molecular formula is C26H29FN4O2. The van der Waals surface area contributed by atoms with Crippen molar-refractivity contribution in [2.24, 2.45) is 0 Å². The third-order valence-electron chi connectivity index (χ3n) is 6.67. The van der Waals surface area contributed by atoms with Gasteiger partial charge in [-0.1, -0.05) is 17.3 Å². The zero-order valence-corrected chi connectivity index (χ0v) is 19.6. The van der Waals surface area contributed by atoms with Crippen molar-refractivity contribution in [2.75, 3.05) is 27.2 Å². The Morgan fingerprint density at radius 1 is 1.15 bits per heavy atom. The number of likely N-dealkylation sites (tertiary alicyclic amines) is 1. The van der Waals surface area contributed by atoms with Gasteiger partial charge in [-0.2, -0.15) is 0 Å². The molecule has 0 amide bonds. The molecule has 33 heavy (non-hydrogen) atoms. The summed E-state index contributed by atoms with van der Waals surface area (Å²) >= 11 is 0. The molecule has 1 fully saturated rings. The SMILES string of the molecule is COc1ccc(CCc2nc3cc(-c4c(C)noc4C)ccc3n2C2CCN(C)C2)cc1F. The molecule has 0 spiro atoms. The number of hydrogen-bond donors (Lipinski definition) is 0. The van der Waals surface area contributed by atoms with Gasteiger partial charge < -0.3 is 18.7 Å². The van der Waals surface area contributed by atoms with Crippen molar-refractivity contribution < 1.29 is 13.7 Å². The van der Waals surface area contributed by atoms with Crippen LogP contribution in [0.4, 0.5) is 4.39 Å². The second-order valence-corrected chi connectivity index (χ2v) is 8.97. The molecule has 3 heterocycles. The third kappa shape index (κ3) is 4.02. The van der Waals surface area contributed by atoms with Crippen LogP contribution in [0.3, 0.4) is 0 Å². The van der Waals surface area contributed by atoms with E-state index in [9.17, 15) is 4.39 Å². The van der Waals surface area contributed by atoms with Crippen LogP contribution in [0.15, 0.2) is 40.9 Å². The van der Waals surface area contributed by atoms with Crippen molar-refractivity contribution in [2.45, 2.75) is 39.2 Å². The summed E-state index contributed by atoms with van der Waals surface area (Å²) in [6.45, 7) is 5.97. The lowest BCUT2D eigenvalue weighted by Gasteiger charge is -2.17. The molecule has 1 aliphatic rings. The number of methoxy groups -OCH3 is 1. The summed E-state index contributed by atoms with van der Waals surface area (Å²) < 4.78 is 27.0. The van der Waals surface area contributed by atoms with Gasteiger partial charge in [0, 0.05) is 24.6 Å². The number of fused-ring (bicyclic) bond motifs is 1. The van der Waals surface area contributed by atoms with Crippen LogP contribution in [0.25, 0.3) is 22.2 Å². The summed E-state index contributed by atoms with van der Waals surface area (Å²) in [5.41, 5.74) is 6.02. The van der Waals surface area contributed by atoms with Gasteiger partial charge >= 0.3 is 0 Å². The number of rotatable bonds is 6. The monoisotopic (exact) mass is 448 g/mol. The van der Waals surface area contributed by atoms with Crippen molar-refractivity contribution >= 4 is 11.0 Å². The molecule has 0 aliphatic carbocycles. The Balaban J connectivity index is 1.52. The van der Waals surface area contributed by atoms with Crippen LogP contribution in [0.5, 0.6) is 5.75 Å². The molecule has 6 nitrogen and oxygen atoms in total. The van der Waals surface area contributed by atoms with E-state index in [1.54, 1.807) is 12.1 Å². The summed E-state index contributed by atoms with van der Waals surface area (Å²) in [4.78, 5) is 7.42. The van der Waals surface area contributed by atoms with Gasteiger partial charge in [-0.15, -0.1) is 0 Å². The molecule has 1 aliphatic heterocycles. The normalized spacial score (nSPS) is 16.7. The number of benzene rings is 2. The van der Waals surface area contributed by atoms with E-state index in [2.05, 4.69) is 39.9 Å². The molecule has 0 N–H and O–H groups in total. The van der Waals surface area contributed by atoms with E-state index in [4.69, 9.17) is 14.2 Å². The number of ether oxygens (including phenoxy) is 1. The maximum Gasteiger partial charge on any atom is 0.165 e. The van der Waals surface area contributed by atoms with E-state index in [-0.39, 0.29) is 11.6 Å². The van der Waals surface area contributed by atoms with E-state index in [1.807, 2.05) is 19.9 Å². The number of aromatic nitrogens is 3. The highest BCUT2D eigenvalue weighted by atomic mass is 19.1. The van der Waals surface area contributed by atoms with Gasteiger partial charge in [0.25, 0.3) is 0 Å². The molecule has 0 saturated carbocycles. The summed E-state index contributed by atoms with van der Waals surface area (Å²) in [6.07, 6.45) is 2.54. The smallest absolute Gasteiger partial charge is 0.165 e. The number of hydrogen-bond acceptors (Lipinski definition) is 5. The maximum absolute atomic E-state index is 14.2. The average molecular weight is 449 g/mol. The first-order chi connectivity index (χ1) is 15.9. The molecule has 1 saturated heterocycles. The van der Waals surface area contributed by atoms with Gasteiger partial charge in [0.1, 0.15) is 11.6 Å². The maximum atomic E-state index is 14.2. The van der Waals surface area contributed by atoms with E-state index in [0.29, 0.717) is 12.5 Å². The van der Waals surface area contributed by atoms with Gasteiger partial charge in [0.2, 0.25) is 0 Å². The van der Waals surface area contributed by atoms with Gasteiger partial charge in [-0.3, -0.25) is 0 Å². The van der Waals surface area contributed by atoms with Crippen LogP contribution in [0.2, 0.25) is 0 Å². The van der Waals surface area contributed by atoms with Crippen molar-refractivity contribution in [1.29, 1.82) is 0 Å². The minimum atomic E-state index is -0.329. The highest BCUT2D eigenvalue weighted by Crippen LogP contribution is 2.33. The number of nitrogens with zero attached hydrogens (tertiary/aromatic N) is 4. The molecule has 172 valence electrons. The lowest BCUT2D eigenvalue weighted by atomic mass is 10.0. The number of aryl methyl sites for hydroxylation is 4. The van der Waals surface area contributed by atoms with Crippen molar-refractivity contribution in [1.82, 2.24) is 19.6 Å². The fourth-order valence-electron chi connectivity index (χ4n) is 5.03. The van der Waals surface area contributed by atoms with Crippen LogP contribution in [-0.2, 0) is 12.8 Å². The third-order valence-corrected chi connectivity index (χ3v) is 6.67. The lowest BCUT2D eigenvalue weighted by Crippen LogP contribution is -2.18. The minimum absolute atomic E-state index is 0.270. The Morgan fingerprint density at radius 3 is 2.67 bits per heavy atom. The zero-order valence-electron chi connectivity index (χ0n) is 19.6. The summed E-state index contributed by atoms with van der Waals surface area (Å²) in [5, 5.41) is 4.10. The Labute approximate surface area is 193 Å². The molecule has 5 rings (SSSR count). The summed E-state index contributed by atoms with van der Waals surface area (Å²) in [6, 6.07) is 12.0. The van der Waals surface area contributed by atoms with E-state index in [1.165, 1.54) is 7.11 Å². The van der Waals surface area contributed by atoms with Gasteiger partial charge in [-0.05, 0) is 75.7 Å². The molecule has 0 radical (unpaired) electrons. The topological polar surface area (TPSA) is 56.3 Å². The molecular weight excluding hydrogens is 419 g/mol. The Morgan fingerprint density at radius 2 is 2.00 bits per heavy atom. The van der Waals surface area contributed by atoms with Crippen molar-refractivity contribution in [3.05, 3.63) is 65.1 Å². The summed E-state index contributed by atoms with van der Waals surface area (Å²) in [7, 11) is 3.64. The Kier molecular flexibility index (Phi) is 5.66. The predicted octanol–water partition coefficient (Wildman–Crippen LogP) is 5.12. The molecule has 1 atom stereocenters. The van der Waals surface area contributed by atoms with E-state index < -0.39 is 0 Å². The standard InChI is InChI=1S/C26H29FN4O2/c1-16-26(17(2)33-29-16)19-7-8-23-22(14-19)28-25(31(23)20-11-12-30(3)15-20)10-6-18-5-9-24(32-4)21(27)13-18/h5,7-9,13-14,20H,6,10-12,15H2,1-4H3. The minimum Gasteiger partial charge on any atom is -0.494 e. The predicted molar refractivity (Wildman–Crippen MR) is 126 cm³/mol. The molecule has 0 bridgehead atoms. The largest absolute Gasteiger partial charge is 0.494 e. The van der Waals surface area contributed by atoms with Crippen LogP contribution in [0.1, 0.15) is 35.3 Å². The van der Waals surface area contributed by atoms with Crippen LogP contribution in [-0.4, -0.2) is 46.9 Å². The van der Waals surface area contributed by atoms with Crippen molar-refractivity contribution in [3.63, 3.8) is 0 Å².